The molecule has 1 aromatic heterocycles. The molecule has 1 aliphatic rings. The highest BCUT2D eigenvalue weighted by molar-refractivity contribution is 5.98. The molecule has 1 heterocycles. The maximum atomic E-state index is 11.7. The van der Waals surface area contributed by atoms with E-state index >= 15 is 0 Å². The minimum Gasteiger partial charge on any atom is -0.473 e. The van der Waals surface area contributed by atoms with E-state index in [2.05, 4.69) is 4.98 Å². The Kier molecular flexibility index (Phi) is 5.50. The van der Waals surface area contributed by atoms with Crippen LogP contribution in [0, 0.1) is 0 Å². The lowest BCUT2D eigenvalue weighted by atomic mass is 9.95. The smallest absolute Gasteiger partial charge is 0.213 e. The number of hydrogen-bond donors (Lipinski definition) is 0. The van der Waals surface area contributed by atoms with Gasteiger partial charge in [-0.3, -0.25) is 4.79 Å². The van der Waals surface area contributed by atoms with Crippen molar-refractivity contribution in [3.8, 4) is 5.88 Å². The summed E-state index contributed by atoms with van der Waals surface area (Å²) in [5.74, 6) is 0.792. The average Bonchev–Trinajstić information content (AvgIpc) is 2.56. The van der Waals surface area contributed by atoms with Crippen LogP contribution in [0.1, 0.15) is 48.3 Å². The highest BCUT2D eigenvalue weighted by atomic mass is 16.5. The van der Waals surface area contributed by atoms with Gasteiger partial charge in [0.2, 0.25) is 5.88 Å². The predicted octanol–water partition coefficient (Wildman–Crippen LogP) is 4.21. The summed E-state index contributed by atoms with van der Waals surface area (Å²) in [6.45, 7) is 4.50. The normalized spacial score (nSPS) is 13.0. The summed E-state index contributed by atoms with van der Waals surface area (Å²) in [7, 11) is 0. The van der Waals surface area contributed by atoms with E-state index in [1.54, 1.807) is 6.07 Å². The Bertz CT molecular complexity index is 593. The number of carbonyl (C=O) groups excluding carboxylic acids is 1. The van der Waals surface area contributed by atoms with Gasteiger partial charge < -0.3 is 4.74 Å². The highest BCUT2D eigenvalue weighted by Crippen LogP contribution is 2.22. The fourth-order valence-electron chi connectivity index (χ4n) is 2.29. The molecule has 3 nitrogen and oxygen atoms in total. The van der Waals surface area contributed by atoms with Crippen molar-refractivity contribution in [1.82, 2.24) is 4.98 Å². The summed E-state index contributed by atoms with van der Waals surface area (Å²) in [5, 5.41) is 0. The topological polar surface area (TPSA) is 39.2 Å². The monoisotopic (exact) mass is 283 g/mol. The van der Waals surface area contributed by atoms with E-state index in [0.29, 0.717) is 18.9 Å². The first-order chi connectivity index (χ1) is 10.3. The summed E-state index contributed by atoms with van der Waals surface area (Å²) < 4.78 is 5.67. The van der Waals surface area contributed by atoms with Crippen LogP contribution in [0.3, 0.4) is 0 Å². The summed E-state index contributed by atoms with van der Waals surface area (Å²) in [5.41, 5.74) is 2.75. The summed E-state index contributed by atoms with van der Waals surface area (Å²) in [6, 6.07) is 13.6. The van der Waals surface area contributed by atoms with Crippen LogP contribution in [-0.2, 0) is 13.0 Å². The molecule has 0 saturated carbocycles. The first-order valence-electron chi connectivity index (χ1n) is 7.53. The number of carbonyl (C=O) groups is 1. The quantitative estimate of drug-likeness (QED) is 0.847. The molecule has 1 aliphatic carbocycles. The lowest BCUT2D eigenvalue weighted by molar-refractivity contribution is 0.0971. The molecular formula is C18H21NO2. The molecular weight excluding hydrogens is 262 g/mol. The molecule has 0 amide bonds. The van der Waals surface area contributed by atoms with Crippen LogP contribution in [-0.4, -0.2) is 10.8 Å². The third-order valence-corrected chi connectivity index (χ3v) is 3.30. The maximum Gasteiger partial charge on any atom is 0.213 e. The fourth-order valence-corrected chi connectivity index (χ4v) is 2.29. The maximum absolute atomic E-state index is 11.7. The first-order valence-corrected chi connectivity index (χ1v) is 7.53. The van der Waals surface area contributed by atoms with E-state index in [0.717, 1.165) is 29.7 Å². The molecule has 0 fully saturated rings. The van der Waals surface area contributed by atoms with Gasteiger partial charge in [-0.25, -0.2) is 4.98 Å². The molecule has 0 spiro atoms. The van der Waals surface area contributed by atoms with Gasteiger partial charge in [-0.05, 0) is 24.5 Å². The Morgan fingerprint density at radius 3 is 2.57 bits per heavy atom. The zero-order chi connectivity index (χ0) is 15.1. The van der Waals surface area contributed by atoms with Crippen LogP contribution >= 0.6 is 0 Å². The number of ether oxygens (including phenoxy) is 1. The average molecular weight is 283 g/mol. The molecule has 0 bridgehead atoms. The predicted molar refractivity (Wildman–Crippen MR) is 83.6 cm³/mol. The summed E-state index contributed by atoms with van der Waals surface area (Å²) in [6.07, 6.45) is 2.39. The zero-order valence-corrected chi connectivity index (χ0v) is 12.6. The van der Waals surface area contributed by atoms with Gasteiger partial charge in [-0.1, -0.05) is 44.2 Å². The molecule has 3 rings (SSSR count). The minimum atomic E-state index is 0.198. The second kappa shape index (κ2) is 7.58. The van der Waals surface area contributed by atoms with Crippen molar-refractivity contribution < 1.29 is 9.53 Å². The van der Waals surface area contributed by atoms with E-state index in [1.807, 2.05) is 50.2 Å². The molecule has 1 aromatic carbocycles. The number of rotatable bonds is 3. The zero-order valence-electron chi connectivity index (χ0n) is 12.6. The van der Waals surface area contributed by atoms with Gasteiger partial charge in [0.25, 0.3) is 0 Å². The lowest BCUT2D eigenvalue weighted by Crippen LogP contribution is -2.13. The van der Waals surface area contributed by atoms with Crippen LogP contribution in [0.2, 0.25) is 0 Å². The molecule has 0 unspecified atom stereocenters. The number of aromatic nitrogens is 1. The van der Waals surface area contributed by atoms with E-state index < -0.39 is 0 Å². The van der Waals surface area contributed by atoms with Crippen LogP contribution in [0.5, 0.6) is 5.88 Å². The molecule has 0 atom stereocenters. The third kappa shape index (κ3) is 3.91. The van der Waals surface area contributed by atoms with Gasteiger partial charge in [0, 0.05) is 18.1 Å². The molecule has 0 aliphatic heterocycles. The molecule has 0 radical (unpaired) electrons. The van der Waals surface area contributed by atoms with Crippen molar-refractivity contribution in [1.29, 1.82) is 0 Å². The van der Waals surface area contributed by atoms with Gasteiger partial charge in [0.1, 0.15) is 6.61 Å². The van der Waals surface area contributed by atoms with E-state index in [-0.39, 0.29) is 5.78 Å². The standard InChI is InChI=1S/C16H15NO2.C2H6/c18-15-8-4-7-14-13(15)9-10-16(17-14)19-11-12-5-2-1-3-6-12;1-2/h1-3,5-6,9-10H,4,7-8,11H2;1-2H3. The fraction of sp³-hybridized carbons (Fsp3) is 0.333. The number of nitrogens with zero attached hydrogens (tertiary/aromatic N) is 1. The lowest BCUT2D eigenvalue weighted by Gasteiger charge is -2.14. The Balaban J connectivity index is 0.000000774. The number of aryl methyl sites for hydroxylation is 1. The van der Waals surface area contributed by atoms with Crippen molar-refractivity contribution in [3.63, 3.8) is 0 Å². The van der Waals surface area contributed by atoms with Crippen LogP contribution in [0.25, 0.3) is 0 Å². The van der Waals surface area contributed by atoms with Crippen LogP contribution < -0.4 is 4.74 Å². The SMILES string of the molecule is CC.O=C1CCCc2nc(OCc3ccccc3)ccc21. The van der Waals surface area contributed by atoms with Crippen molar-refractivity contribution in [3.05, 3.63) is 59.3 Å². The number of hydrogen-bond acceptors (Lipinski definition) is 3. The van der Waals surface area contributed by atoms with Gasteiger partial charge in [-0.2, -0.15) is 0 Å². The summed E-state index contributed by atoms with van der Waals surface area (Å²) in [4.78, 5) is 16.1. The van der Waals surface area contributed by atoms with Crippen molar-refractivity contribution in [2.75, 3.05) is 0 Å². The van der Waals surface area contributed by atoms with E-state index in [9.17, 15) is 4.79 Å². The van der Waals surface area contributed by atoms with E-state index in [1.165, 1.54) is 0 Å². The van der Waals surface area contributed by atoms with E-state index in [4.69, 9.17) is 4.74 Å². The Morgan fingerprint density at radius 1 is 1.05 bits per heavy atom. The highest BCUT2D eigenvalue weighted by Gasteiger charge is 2.18. The van der Waals surface area contributed by atoms with Gasteiger partial charge in [0.05, 0.1) is 5.69 Å². The molecule has 2 aromatic rings. The Hall–Kier alpha value is -2.16. The van der Waals surface area contributed by atoms with Crippen molar-refractivity contribution in [2.45, 2.75) is 39.7 Å². The Morgan fingerprint density at radius 2 is 1.81 bits per heavy atom. The van der Waals surface area contributed by atoms with Gasteiger partial charge in [-0.15, -0.1) is 0 Å². The van der Waals surface area contributed by atoms with Crippen molar-refractivity contribution in [2.24, 2.45) is 0 Å². The second-order valence-corrected chi connectivity index (χ2v) is 4.69. The third-order valence-electron chi connectivity index (χ3n) is 3.30. The number of pyridine rings is 1. The molecule has 3 heteroatoms. The van der Waals surface area contributed by atoms with Gasteiger partial charge in [0.15, 0.2) is 5.78 Å². The number of fused-ring (bicyclic) bond motifs is 1. The molecule has 110 valence electrons. The molecule has 0 N–H and O–H groups in total. The second-order valence-electron chi connectivity index (χ2n) is 4.69. The molecule has 21 heavy (non-hydrogen) atoms. The molecule has 0 saturated heterocycles. The van der Waals surface area contributed by atoms with Crippen molar-refractivity contribution >= 4 is 5.78 Å². The van der Waals surface area contributed by atoms with Crippen LogP contribution in [0.4, 0.5) is 0 Å². The van der Waals surface area contributed by atoms with Crippen LogP contribution in [0.15, 0.2) is 42.5 Å². The minimum absolute atomic E-state index is 0.198. The first kappa shape index (κ1) is 15.2. The largest absolute Gasteiger partial charge is 0.473 e. The van der Waals surface area contributed by atoms with Gasteiger partial charge >= 0.3 is 0 Å². The summed E-state index contributed by atoms with van der Waals surface area (Å²) >= 11 is 0. The number of ketones is 1. The number of benzene rings is 1. The number of Topliss-reactive ketones (excluding diaryl/α,β-unsaturated/α-hetero) is 1. The Labute approximate surface area is 126 Å².